The maximum absolute atomic E-state index is 6.02. The van der Waals surface area contributed by atoms with Gasteiger partial charge >= 0.3 is 8.80 Å². The van der Waals surface area contributed by atoms with Gasteiger partial charge in [-0.1, -0.05) is 42.5 Å². The summed E-state index contributed by atoms with van der Waals surface area (Å²) in [5.74, 6) is 0. The quantitative estimate of drug-likeness (QED) is 0.510. The Morgan fingerprint density at radius 1 is 0.950 bits per heavy atom. The number of hydrogen-bond acceptors (Lipinski definition) is 3. The monoisotopic (exact) mass is 294 g/mol. The fourth-order valence-corrected chi connectivity index (χ4v) is 5.31. The molecule has 0 bridgehead atoms. The summed E-state index contributed by atoms with van der Waals surface area (Å²) in [6.45, 7) is 9.73. The fraction of sp³-hybridized carbons (Fsp3) is 0.500. The summed E-state index contributed by atoms with van der Waals surface area (Å²) >= 11 is 0. The molecule has 0 unspecified atom stereocenters. The number of rotatable bonds is 9. The summed E-state index contributed by atoms with van der Waals surface area (Å²) in [6, 6.07) is 10.3. The van der Waals surface area contributed by atoms with Crippen LogP contribution in [0.1, 0.15) is 38.8 Å². The molecule has 0 aromatic heterocycles. The van der Waals surface area contributed by atoms with E-state index >= 15 is 0 Å². The zero-order valence-electron chi connectivity index (χ0n) is 13.0. The molecule has 0 aliphatic carbocycles. The molecule has 0 saturated heterocycles. The van der Waals surface area contributed by atoms with Crippen LogP contribution in [0.25, 0.3) is 0 Å². The van der Waals surface area contributed by atoms with Crippen molar-refractivity contribution < 1.29 is 13.3 Å². The van der Waals surface area contributed by atoms with E-state index in [9.17, 15) is 0 Å². The van der Waals surface area contributed by atoms with Crippen molar-refractivity contribution in [3.8, 4) is 0 Å². The minimum Gasteiger partial charge on any atom is -0.373 e. The van der Waals surface area contributed by atoms with Crippen LogP contribution in [0.3, 0.4) is 0 Å². The Morgan fingerprint density at radius 2 is 1.45 bits per heavy atom. The van der Waals surface area contributed by atoms with E-state index in [0.717, 1.165) is 0 Å². The first kappa shape index (κ1) is 17.1. The second-order valence-electron chi connectivity index (χ2n) is 4.32. The van der Waals surface area contributed by atoms with Gasteiger partial charge in [-0.15, -0.1) is 0 Å². The molecular formula is C16H26O3Si. The van der Waals surface area contributed by atoms with Crippen molar-refractivity contribution in [3.05, 3.63) is 48.0 Å². The molecule has 0 N–H and O–H groups in total. The molecule has 1 aromatic rings. The highest BCUT2D eigenvalue weighted by Crippen LogP contribution is 2.31. The van der Waals surface area contributed by atoms with E-state index < -0.39 is 8.80 Å². The van der Waals surface area contributed by atoms with Crippen molar-refractivity contribution in [2.24, 2.45) is 0 Å². The van der Waals surface area contributed by atoms with Crippen LogP contribution in [0, 0.1) is 0 Å². The first-order valence-corrected chi connectivity index (χ1v) is 9.13. The van der Waals surface area contributed by atoms with E-state index in [4.69, 9.17) is 13.3 Å². The fourth-order valence-electron chi connectivity index (χ4n) is 2.28. The van der Waals surface area contributed by atoms with Gasteiger partial charge in [0.2, 0.25) is 0 Å². The lowest BCUT2D eigenvalue weighted by molar-refractivity contribution is 0.0660. The van der Waals surface area contributed by atoms with Gasteiger partial charge in [0.05, 0.1) is 5.54 Å². The van der Waals surface area contributed by atoms with Crippen LogP contribution in [-0.4, -0.2) is 28.6 Å². The summed E-state index contributed by atoms with van der Waals surface area (Å²) in [6.07, 6.45) is 4.17. The lowest BCUT2D eigenvalue weighted by Gasteiger charge is -2.34. The van der Waals surface area contributed by atoms with Gasteiger partial charge in [0.15, 0.2) is 0 Å². The molecule has 0 saturated carbocycles. The van der Waals surface area contributed by atoms with Gasteiger partial charge in [0, 0.05) is 19.8 Å². The minimum atomic E-state index is -2.77. The summed E-state index contributed by atoms with van der Waals surface area (Å²) in [5, 5.41) is 0. The van der Waals surface area contributed by atoms with Crippen LogP contribution in [-0.2, 0) is 13.3 Å². The first-order chi connectivity index (χ1) is 9.74. The molecule has 0 spiro atoms. The van der Waals surface area contributed by atoms with Crippen molar-refractivity contribution in [3.63, 3.8) is 0 Å². The largest absolute Gasteiger partial charge is 0.512 e. The molecule has 20 heavy (non-hydrogen) atoms. The lowest BCUT2D eigenvalue weighted by Crippen LogP contribution is -2.51. The van der Waals surface area contributed by atoms with Crippen molar-refractivity contribution in [2.45, 2.75) is 33.2 Å². The highest BCUT2D eigenvalue weighted by atomic mass is 28.4. The maximum Gasteiger partial charge on any atom is 0.512 e. The molecule has 0 amide bonds. The summed E-state index contributed by atoms with van der Waals surface area (Å²) in [7, 11) is -2.77. The molecule has 112 valence electrons. The van der Waals surface area contributed by atoms with E-state index in [-0.39, 0.29) is 5.54 Å². The third-order valence-electron chi connectivity index (χ3n) is 2.96. The molecule has 1 rings (SSSR count). The Bertz CT molecular complexity index is 375. The number of benzene rings is 1. The van der Waals surface area contributed by atoms with E-state index in [1.807, 2.05) is 52.0 Å². The Labute approximate surface area is 123 Å². The second-order valence-corrected chi connectivity index (χ2v) is 7.01. The van der Waals surface area contributed by atoms with Gasteiger partial charge in [-0.2, -0.15) is 0 Å². The molecule has 0 fully saturated rings. The second kappa shape index (κ2) is 9.08. The maximum atomic E-state index is 6.02. The number of allylic oxidation sites excluding steroid dienone is 2. The van der Waals surface area contributed by atoms with Crippen LogP contribution in [0.15, 0.2) is 42.5 Å². The van der Waals surface area contributed by atoms with Gasteiger partial charge in [0.1, 0.15) is 0 Å². The van der Waals surface area contributed by atoms with Crippen molar-refractivity contribution >= 4 is 8.80 Å². The van der Waals surface area contributed by atoms with Crippen LogP contribution < -0.4 is 0 Å². The van der Waals surface area contributed by atoms with Crippen molar-refractivity contribution in [2.75, 3.05) is 19.8 Å². The third kappa shape index (κ3) is 4.28. The van der Waals surface area contributed by atoms with Gasteiger partial charge in [0.25, 0.3) is 0 Å². The highest BCUT2D eigenvalue weighted by Gasteiger charge is 2.48. The minimum absolute atomic E-state index is 0.0357. The third-order valence-corrected chi connectivity index (χ3v) is 6.32. The average Bonchev–Trinajstić information content (AvgIpc) is 2.46. The Kier molecular flexibility index (Phi) is 7.77. The Balaban J connectivity index is 3.21. The summed E-state index contributed by atoms with van der Waals surface area (Å²) in [4.78, 5) is 0. The molecule has 0 radical (unpaired) electrons. The van der Waals surface area contributed by atoms with Crippen LogP contribution in [0.2, 0.25) is 0 Å². The summed E-state index contributed by atoms with van der Waals surface area (Å²) in [5.41, 5.74) is 1.21. The molecule has 1 atom stereocenters. The normalized spacial score (nSPS) is 13.8. The Morgan fingerprint density at radius 3 is 1.85 bits per heavy atom. The van der Waals surface area contributed by atoms with Crippen LogP contribution in [0.4, 0.5) is 0 Å². The van der Waals surface area contributed by atoms with Crippen molar-refractivity contribution in [1.82, 2.24) is 0 Å². The molecule has 0 aliphatic heterocycles. The van der Waals surface area contributed by atoms with Gasteiger partial charge in [-0.25, -0.2) is 0 Å². The summed E-state index contributed by atoms with van der Waals surface area (Å²) < 4.78 is 18.1. The molecule has 0 heterocycles. The lowest BCUT2D eigenvalue weighted by atomic mass is 10.1. The zero-order chi connectivity index (χ0) is 14.8. The number of hydrogen-bond donors (Lipinski definition) is 0. The topological polar surface area (TPSA) is 27.7 Å². The van der Waals surface area contributed by atoms with Crippen molar-refractivity contribution in [1.29, 1.82) is 0 Å². The van der Waals surface area contributed by atoms with E-state index in [2.05, 4.69) is 18.2 Å². The van der Waals surface area contributed by atoms with E-state index in [1.54, 1.807) is 0 Å². The highest BCUT2D eigenvalue weighted by molar-refractivity contribution is 6.63. The van der Waals surface area contributed by atoms with Crippen LogP contribution >= 0.6 is 0 Å². The smallest absolute Gasteiger partial charge is 0.373 e. The predicted molar refractivity (Wildman–Crippen MR) is 84.6 cm³/mol. The SMILES string of the molecule is C/C=C\[C@@H](c1ccccc1)[Si](OCC)(OCC)OCC. The zero-order valence-corrected chi connectivity index (χ0v) is 14.0. The van der Waals surface area contributed by atoms with Crippen LogP contribution in [0.5, 0.6) is 0 Å². The predicted octanol–water partition coefficient (Wildman–Crippen LogP) is 3.93. The Hall–Kier alpha value is -0.943. The van der Waals surface area contributed by atoms with Gasteiger partial charge in [-0.3, -0.25) is 0 Å². The van der Waals surface area contributed by atoms with E-state index in [0.29, 0.717) is 19.8 Å². The molecule has 3 nitrogen and oxygen atoms in total. The average molecular weight is 294 g/mol. The molecule has 4 heteroatoms. The van der Waals surface area contributed by atoms with Gasteiger partial charge < -0.3 is 13.3 Å². The van der Waals surface area contributed by atoms with Gasteiger partial charge in [-0.05, 0) is 33.3 Å². The molecular weight excluding hydrogens is 268 g/mol. The standard InChI is InChI=1S/C16H26O3Si/c1-5-12-16(15-13-10-9-11-14-15)20(17-6-2,18-7-3)19-8-4/h5,9-14,16H,6-8H2,1-4H3/b12-5-/t16-/m0/s1. The van der Waals surface area contributed by atoms with E-state index in [1.165, 1.54) is 5.56 Å². The molecule has 0 aliphatic rings. The molecule has 1 aromatic carbocycles. The first-order valence-electron chi connectivity index (χ1n) is 7.33.